The summed E-state index contributed by atoms with van der Waals surface area (Å²) in [4.78, 5) is 1.72. The van der Waals surface area contributed by atoms with Gasteiger partial charge in [-0.1, -0.05) is 133 Å². The molecule has 0 atom stereocenters. The van der Waals surface area contributed by atoms with E-state index < -0.39 is 59.9 Å². The van der Waals surface area contributed by atoms with Crippen LogP contribution in [0.5, 0.6) is 0 Å². The predicted molar refractivity (Wildman–Crippen MR) is 231 cm³/mol. The number of hydrogen-bond acceptors (Lipinski definition) is 2. The third-order valence-corrected chi connectivity index (χ3v) is 10.3. The van der Waals surface area contributed by atoms with Crippen LogP contribution in [0.2, 0.25) is 0 Å². The number of aromatic nitrogens is 1. The molecule has 0 aliphatic heterocycles. The summed E-state index contributed by atoms with van der Waals surface area (Å²) in [5, 5.41) is 6.08. The second-order valence-electron chi connectivity index (χ2n) is 13.4. The van der Waals surface area contributed by atoms with E-state index in [1.54, 1.807) is 4.90 Å². The summed E-state index contributed by atoms with van der Waals surface area (Å²) in [6.07, 6.45) is 0. The van der Waals surface area contributed by atoms with Gasteiger partial charge in [0.15, 0.2) is 0 Å². The molecule has 0 fully saturated rings. The minimum atomic E-state index is -0.634. The van der Waals surface area contributed by atoms with Crippen molar-refractivity contribution in [2.45, 2.75) is 0 Å². The zero-order valence-electron chi connectivity index (χ0n) is 38.2. The van der Waals surface area contributed by atoms with Gasteiger partial charge in [0.05, 0.1) is 29.1 Å². The number of rotatable bonds is 6. The fourth-order valence-electron chi connectivity index (χ4n) is 7.89. The van der Waals surface area contributed by atoms with E-state index in [2.05, 4.69) is 41.0 Å². The number of para-hydroxylation sites is 3. The topological polar surface area (TPSA) is 21.3 Å². The van der Waals surface area contributed by atoms with Crippen molar-refractivity contribution in [3.05, 3.63) is 206 Å². The number of nitrogens with zero attached hydrogens (tertiary/aromatic N) is 2. The highest BCUT2D eigenvalue weighted by molar-refractivity contribution is 6.16. The molecular weight excluding hydrogens is 669 g/mol. The second kappa shape index (κ2) is 12.6. The van der Waals surface area contributed by atoms with E-state index in [0.29, 0.717) is 17.0 Å². The Labute approximate surface area is 331 Å². The quantitative estimate of drug-likeness (QED) is 0.171. The molecule has 0 unspecified atom stereocenters. The molecule has 2 heterocycles. The maximum absolute atomic E-state index is 9.64. The van der Waals surface area contributed by atoms with Gasteiger partial charge in [0.2, 0.25) is 0 Å². The molecule has 3 heteroatoms. The van der Waals surface area contributed by atoms with Crippen molar-refractivity contribution in [3.8, 4) is 27.9 Å². The lowest BCUT2D eigenvalue weighted by Crippen LogP contribution is -2.11. The van der Waals surface area contributed by atoms with Gasteiger partial charge in [-0.2, -0.15) is 0 Å². The lowest BCUT2D eigenvalue weighted by Gasteiger charge is -2.28. The molecule has 0 bridgehead atoms. The van der Waals surface area contributed by atoms with Crippen molar-refractivity contribution in [1.29, 1.82) is 0 Å². The molecule has 11 rings (SSSR count). The summed E-state index contributed by atoms with van der Waals surface area (Å²) in [5.41, 5.74) is 6.06. The van der Waals surface area contributed by atoms with Crippen molar-refractivity contribution in [1.82, 2.24) is 4.57 Å². The molecule has 2 aromatic heterocycles. The fourth-order valence-corrected chi connectivity index (χ4v) is 7.89. The van der Waals surface area contributed by atoms with Crippen LogP contribution in [0.3, 0.4) is 0 Å². The summed E-state index contributed by atoms with van der Waals surface area (Å²) >= 11 is 0. The average molecular weight is 712 g/mol. The molecule has 0 radical (unpaired) electrons. The highest BCUT2D eigenvalue weighted by Crippen LogP contribution is 2.46. The van der Waals surface area contributed by atoms with E-state index in [0.717, 1.165) is 65.7 Å². The first kappa shape index (κ1) is 23.3. The molecule has 0 saturated heterocycles. The summed E-state index contributed by atoms with van der Waals surface area (Å²) in [6, 6.07) is 44.7. The third kappa shape index (κ3) is 5.13. The predicted octanol–water partition coefficient (Wildman–Crippen LogP) is 14.6. The molecule has 11 aromatic rings. The van der Waals surface area contributed by atoms with E-state index >= 15 is 0 Å². The Morgan fingerprint density at radius 1 is 0.455 bits per heavy atom. The Bertz CT molecular complexity index is 3630. The highest BCUT2D eigenvalue weighted by Gasteiger charge is 2.21. The third-order valence-electron chi connectivity index (χ3n) is 10.3. The van der Waals surface area contributed by atoms with Gasteiger partial charge in [-0.25, -0.2) is 0 Å². The Balaban J connectivity index is 1.18. The van der Waals surface area contributed by atoms with E-state index in [9.17, 15) is 5.48 Å². The monoisotopic (exact) mass is 711 g/mol. The van der Waals surface area contributed by atoms with Crippen LogP contribution in [0.1, 0.15) is 12.3 Å². The molecule has 258 valence electrons. The molecule has 0 saturated carbocycles. The van der Waals surface area contributed by atoms with Crippen LogP contribution in [0.25, 0.3) is 82.5 Å². The molecule has 0 aliphatic rings. The van der Waals surface area contributed by atoms with Crippen molar-refractivity contribution in [2.24, 2.45) is 0 Å². The van der Waals surface area contributed by atoms with E-state index in [-0.39, 0.29) is 11.3 Å². The summed E-state index contributed by atoms with van der Waals surface area (Å²) in [6.45, 7) is 0. The Morgan fingerprint density at radius 2 is 1.07 bits per heavy atom. The minimum Gasteiger partial charge on any atom is -0.456 e. The van der Waals surface area contributed by atoms with Gasteiger partial charge in [0.1, 0.15) is 11.2 Å². The smallest absolute Gasteiger partial charge is 0.136 e. The standard InChI is InChI=1S/C52H34N2O/c1-2-13-35(14-3-1)36-25-27-39(28-26-36)53(40-29-31-41(32-30-40)54-48-22-10-6-17-42(48)43-18-7-11-23-49(43)54)47-21-9-8-19-44(47)45-20-12-24-50-52(45)46-33-37-15-4-5-16-38(37)34-51(46)55-50/h1-34H/i1D,2D,3D,13D,14D,25D,26D,27D,28D. The normalized spacial score (nSPS) is 13.9. The van der Waals surface area contributed by atoms with Gasteiger partial charge >= 0.3 is 0 Å². The number of hydrogen-bond donors (Lipinski definition) is 0. The first-order valence-electron chi connectivity index (χ1n) is 22.5. The Hall–Kier alpha value is -7.36. The molecule has 9 aromatic carbocycles. The van der Waals surface area contributed by atoms with Crippen LogP contribution in [0.15, 0.2) is 210 Å². The summed E-state index contributed by atoms with van der Waals surface area (Å²) < 4.78 is 88.9. The van der Waals surface area contributed by atoms with Gasteiger partial charge in [0, 0.05) is 44.2 Å². The number of furan rings is 1. The van der Waals surface area contributed by atoms with Crippen molar-refractivity contribution < 1.29 is 16.8 Å². The van der Waals surface area contributed by atoms with E-state index in [1.807, 2.05) is 115 Å². The van der Waals surface area contributed by atoms with E-state index in [1.165, 1.54) is 0 Å². The first-order chi connectivity index (χ1) is 31.0. The minimum absolute atomic E-state index is 0.0848. The maximum Gasteiger partial charge on any atom is 0.136 e. The number of anilines is 3. The second-order valence-corrected chi connectivity index (χ2v) is 13.4. The van der Waals surface area contributed by atoms with Crippen molar-refractivity contribution >= 4 is 71.6 Å². The largest absolute Gasteiger partial charge is 0.456 e. The van der Waals surface area contributed by atoms with Crippen LogP contribution < -0.4 is 4.90 Å². The van der Waals surface area contributed by atoms with Crippen LogP contribution in [0.4, 0.5) is 17.1 Å². The van der Waals surface area contributed by atoms with Gasteiger partial charge in [0.25, 0.3) is 0 Å². The lowest BCUT2D eigenvalue weighted by atomic mass is 9.96. The molecule has 3 nitrogen and oxygen atoms in total. The fraction of sp³-hybridized carbons (Fsp3) is 0. The van der Waals surface area contributed by atoms with Crippen LogP contribution in [-0.2, 0) is 0 Å². The van der Waals surface area contributed by atoms with E-state index in [4.69, 9.17) is 11.3 Å². The van der Waals surface area contributed by atoms with Crippen LogP contribution >= 0.6 is 0 Å². The van der Waals surface area contributed by atoms with Crippen molar-refractivity contribution in [2.75, 3.05) is 4.90 Å². The van der Waals surface area contributed by atoms with Gasteiger partial charge in [-0.15, -0.1) is 0 Å². The summed E-state index contributed by atoms with van der Waals surface area (Å²) in [7, 11) is 0. The SMILES string of the molecule is [2H]c1c([2H])c([2H])c(-c2c([2H])c([2H])c(N(c3ccc(-n4c5ccccc5c5ccccc54)cc3)c3ccccc3-c3cccc4oc5cc6ccccc6cc5c34)c([2H])c2[2H])c([2H])c1[2H]. The van der Waals surface area contributed by atoms with Crippen LogP contribution in [-0.4, -0.2) is 4.57 Å². The van der Waals surface area contributed by atoms with Crippen LogP contribution in [0, 0.1) is 0 Å². The first-order valence-corrected chi connectivity index (χ1v) is 18.0. The molecule has 0 aliphatic carbocycles. The molecule has 0 spiro atoms. The highest BCUT2D eigenvalue weighted by atomic mass is 16.3. The number of fused-ring (bicyclic) bond motifs is 7. The zero-order chi connectivity index (χ0) is 44.1. The molecule has 0 N–H and O–H groups in total. The Kier molecular flexibility index (Phi) is 5.37. The lowest BCUT2D eigenvalue weighted by molar-refractivity contribution is 0.669. The molecular formula is C52H34N2O. The maximum atomic E-state index is 9.64. The van der Waals surface area contributed by atoms with Gasteiger partial charge < -0.3 is 13.9 Å². The van der Waals surface area contributed by atoms with Gasteiger partial charge in [-0.3, -0.25) is 0 Å². The summed E-state index contributed by atoms with van der Waals surface area (Å²) in [5.74, 6) is 0. The van der Waals surface area contributed by atoms with Crippen molar-refractivity contribution in [3.63, 3.8) is 0 Å². The van der Waals surface area contributed by atoms with Gasteiger partial charge in [-0.05, 0) is 100 Å². The average Bonchev–Trinajstić information content (AvgIpc) is 3.86. The zero-order valence-corrected chi connectivity index (χ0v) is 29.2. The number of benzene rings is 9. The Morgan fingerprint density at radius 3 is 1.82 bits per heavy atom. The molecule has 0 amide bonds. The molecule has 55 heavy (non-hydrogen) atoms.